The van der Waals surface area contributed by atoms with Crippen LogP contribution in [0.1, 0.15) is 17.5 Å². The Morgan fingerprint density at radius 1 is 1.04 bits per heavy atom. The number of aliphatic hydroxyl groups is 1. The summed E-state index contributed by atoms with van der Waals surface area (Å²) in [4.78, 5) is -0.179. The third-order valence-corrected chi connectivity index (χ3v) is 4.17. The van der Waals surface area contributed by atoms with Crippen molar-refractivity contribution in [1.29, 1.82) is 0 Å². The van der Waals surface area contributed by atoms with Gasteiger partial charge in [0.2, 0.25) is 0 Å². The Hall–Kier alpha value is -2.25. The van der Waals surface area contributed by atoms with E-state index in [1.165, 1.54) is 0 Å². The molecule has 7 heteroatoms. The Morgan fingerprint density at radius 3 is 2.12 bits per heavy atom. The van der Waals surface area contributed by atoms with Crippen LogP contribution in [0.2, 0.25) is 0 Å². The maximum Gasteiger partial charge on any atom is 0.438 e. The van der Waals surface area contributed by atoms with Crippen LogP contribution in [-0.4, -0.2) is 32.7 Å². The molecule has 124 valence electrons. The Labute approximate surface area is 142 Å². The van der Waals surface area contributed by atoms with Gasteiger partial charge in [-0.15, -0.1) is 0 Å². The fourth-order valence-corrected chi connectivity index (χ4v) is 2.80. The molecule has 1 N–H and O–H groups in total. The van der Waals surface area contributed by atoms with E-state index in [0.29, 0.717) is 16.1 Å². The molecule has 0 amide bonds. The molecule has 1 aliphatic rings. The zero-order chi connectivity index (χ0) is 17.4. The molecule has 24 heavy (non-hydrogen) atoms. The summed E-state index contributed by atoms with van der Waals surface area (Å²) in [7, 11) is 0. The normalized spacial score (nSPS) is 20.8. The van der Waals surface area contributed by atoms with Crippen LogP contribution in [0.25, 0.3) is 0 Å². The van der Waals surface area contributed by atoms with Crippen molar-refractivity contribution >= 4 is 22.9 Å². The first-order valence-corrected chi connectivity index (χ1v) is 7.55. The SMILES string of the molecule is O[C@@]1(C(F)(F)F)CC(c2ccccc2)=NN1C(=S)c1ccccc1. The van der Waals surface area contributed by atoms with E-state index in [4.69, 9.17) is 12.2 Å². The average molecular weight is 350 g/mol. The second-order valence-electron chi connectivity index (χ2n) is 5.39. The Balaban J connectivity index is 2.05. The molecule has 2 aromatic rings. The van der Waals surface area contributed by atoms with Gasteiger partial charge in [-0.2, -0.15) is 18.3 Å². The lowest BCUT2D eigenvalue weighted by atomic mass is 10.0. The van der Waals surface area contributed by atoms with Gasteiger partial charge < -0.3 is 5.11 Å². The quantitative estimate of drug-likeness (QED) is 0.839. The first kappa shape index (κ1) is 16.6. The van der Waals surface area contributed by atoms with E-state index in [0.717, 1.165) is 0 Å². The average Bonchev–Trinajstić information content (AvgIpc) is 2.95. The van der Waals surface area contributed by atoms with Gasteiger partial charge in [0.05, 0.1) is 12.1 Å². The summed E-state index contributed by atoms with van der Waals surface area (Å²) in [6.45, 7) is 0. The van der Waals surface area contributed by atoms with Crippen molar-refractivity contribution in [3.8, 4) is 0 Å². The number of rotatable bonds is 2. The molecule has 0 bridgehead atoms. The topological polar surface area (TPSA) is 35.8 Å². The van der Waals surface area contributed by atoms with Gasteiger partial charge in [-0.25, -0.2) is 5.01 Å². The van der Waals surface area contributed by atoms with Crippen LogP contribution in [0.4, 0.5) is 13.2 Å². The van der Waals surface area contributed by atoms with E-state index in [9.17, 15) is 18.3 Å². The molecule has 3 nitrogen and oxygen atoms in total. The largest absolute Gasteiger partial charge is 0.438 e. The maximum absolute atomic E-state index is 13.5. The lowest BCUT2D eigenvalue weighted by Crippen LogP contribution is -2.56. The smallest absolute Gasteiger partial charge is 0.362 e. The maximum atomic E-state index is 13.5. The zero-order valence-electron chi connectivity index (χ0n) is 12.4. The third-order valence-electron chi connectivity index (χ3n) is 3.76. The molecule has 1 atom stereocenters. The summed E-state index contributed by atoms with van der Waals surface area (Å²) < 4.78 is 40.6. The summed E-state index contributed by atoms with van der Waals surface area (Å²) in [6.07, 6.45) is -5.60. The second-order valence-corrected chi connectivity index (χ2v) is 5.77. The van der Waals surface area contributed by atoms with Crippen molar-refractivity contribution in [3.63, 3.8) is 0 Å². The molecule has 0 radical (unpaired) electrons. The molecule has 0 aliphatic carbocycles. The van der Waals surface area contributed by atoms with Crippen molar-refractivity contribution in [2.24, 2.45) is 5.10 Å². The van der Waals surface area contributed by atoms with Gasteiger partial charge in [0.25, 0.3) is 5.72 Å². The zero-order valence-corrected chi connectivity index (χ0v) is 13.2. The van der Waals surface area contributed by atoms with Gasteiger partial charge in [0.1, 0.15) is 4.99 Å². The number of benzene rings is 2. The number of thiocarbonyl (C=S) groups is 1. The van der Waals surface area contributed by atoms with Crippen molar-refractivity contribution in [3.05, 3.63) is 71.8 Å². The second kappa shape index (κ2) is 5.99. The van der Waals surface area contributed by atoms with E-state index in [-0.39, 0.29) is 10.7 Å². The molecular formula is C17H13F3N2OS. The van der Waals surface area contributed by atoms with Crippen molar-refractivity contribution in [1.82, 2.24) is 5.01 Å². The summed E-state index contributed by atoms with van der Waals surface area (Å²) in [5.41, 5.74) is -2.13. The highest BCUT2D eigenvalue weighted by Gasteiger charge is 2.62. The highest BCUT2D eigenvalue weighted by atomic mass is 32.1. The molecule has 0 saturated heterocycles. The van der Waals surface area contributed by atoms with Crippen LogP contribution >= 0.6 is 12.2 Å². The van der Waals surface area contributed by atoms with Crippen molar-refractivity contribution in [2.75, 3.05) is 0 Å². The minimum Gasteiger partial charge on any atom is -0.362 e. The molecule has 0 spiro atoms. The van der Waals surface area contributed by atoms with Crippen molar-refractivity contribution < 1.29 is 18.3 Å². The molecule has 1 heterocycles. The predicted octanol–water partition coefficient (Wildman–Crippen LogP) is 3.72. The third kappa shape index (κ3) is 2.81. The summed E-state index contributed by atoms with van der Waals surface area (Å²) in [5.74, 6) is 0. The Bertz CT molecular complexity index is 777. The summed E-state index contributed by atoms with van der Waals surface area (Å²) in [6, 6.07) is 16.6. The lowest BCUT2D eigenvalue weighted by molar-refractivity contribution is -0.294. The van der Waals surface area contributed by atoms with E-state index in [1.807, 2.05) is 0 Å². The van der Waals surface area contributed by atoms with E-state index in [1.54, 1.807) is 60.7 Å². The van der Waals surface area contributed by atoms with Gasteiger partial charge in [-0.1, -0.05) is 72.9 Å². The van der Waals surface area contributed by atoms with Gasteiger partial charge >= 0.3 is 6.18 Å². The van der Waals surface area contributed by atoms with Gasteiger partial charge in [-0.05, 0) is 5.56 Å². The number of hydrazone groups is 1. The Kier molecular flexibility index (Phi) is 4.15. The first-order valence-electron chi connectivity index (χ1n) is 7.14. The van der Waals surface area contributed by atoms with Crippen LogP contribution in [-0.2, 0) is 0 Å². The lowest BCUT2D eigenvalue weighted by Gasteiger charge is -2.34. The van der Waals surface area contributed by atoms with Crippen LogP contribution in [0.3, 0.4) is 0 Å². The van der Waals surface area contributed by atoms with Crippen LogP contribution in [0.5, 0.6) is 0 Å². The number of nitrogens with zero attached hydrogens (tertiary/aromatic N) is 2. The van der Waals surface area contributed by atoms with Gasteiger partial charge in [-0.3, -0.25) is 0 Å². The minimum atomic E-state index is -4.91. The monoisotopic (exact) mass is 350 g/mol. The molecule has 1 aliphatic heterocycles. The summed E-state index contributed by atoms with van der Waals surface area (Å²) in [5, 5.41) is 14.8. The van der Waals surface area contributed by atoms with Gasteiger partial charge in [0.15, 0.2) is 0 Å². The molecule has 0 unspecified atom stereocenters. The standard InChI is InChI=1S/C17H13F3N2OS/c18-17(19,20)16(23)11-14(12-7-3-1-4-8-12)21-22(16)15(24)13-9-5-2-6-10-13/h1-10,23H,11H2/t16-/m1/s1. The number of hydrogen-bond donors (Lipinski definition) is 1. The highest BCUT2D eigenvalue weighted by Crippen LogP contribution is 2.42. The molecular weight excluding hydrogens is 337 g/mol. The van der Waals surface area contributed by atoms with Crippen molar-refractivity contribution in [2.45, 2.75) is 18.3 Å². The molecule has 2 aromatic carbocycles. The van der Waals surface area contributed by atoms with E-state index in [2.05, 4.69) is 5.10 Å². The molecule has 0 aromatic heterocycles. The first-order chi connectivity index (χ1) is 11.3. The number of halogens is 3. The van der Waals surface area contributed by atoms with Gasteiger partial charge in [0, 0.05) is 5.56 Å². The number of alkyl halides is 3. The highest BCUT2D eigenvalue weighted by molar-refractivity contribution is 7.80. The predicted molar refractivity (Wildman–Crippen MR) is 88.6 cm³/mol. The van der Waals surface area contributed by atoms with Crippen LogP contribution < -0.4 is 0 Å². The number of hydrogen-bond acceptors (Lipinski definition) is 3. The van der Waals surface area contributed by atoms with Crippen LogP contribution in [0, 0.1) is 0 Å². The van der Waals surface area contributed by atoms with Crippen LogP contribution in [0.15, 0.2) is 65.8 Å². The minimum absolute atomic E-state index is 0.133. The van der Waals surface area contributed by atoms with E-state index < -0.39 is 18.3 Å². The fraction of sp³-hybridized carbons (Fsp3) is 0.176. The van der Waals surface area contributed by atoms with E-state index >= 15 is 0 Å². The summed E-state index contributed by atoms with van der Waals surface area (Å²) >= 11 is 5.16. The fourth-order valence-electron chi connectivity index (χ4n) is 2.47. The molecule has 3 rings (SSSR count). The molecule has 0 saturated carbocycles. The molecule has 0 fully saturated rings. The Morgan fingerprint density at radius 2 is 1.58 bits per heavy atom.